The Hall–Kier alpha value is -1.88. The van der Waals surface area contributed by atoms with Gasteiger partial charge in [-0.1, -0.05) is 23.7 Å². The smallest absolute Gasteiger partial charge is 0.120 e. The zero-order chi connectivity index (χ0) is 19.0. The van der Waals surface area contributed by atoms with Crippen molar-refractivity contribution in [3.63, 3.8) is 0 Å². The monoisotopic (exact) mass is 383 g/mol. The second-order valence-corrected chi connectivity index (χ2v) is 8.18. The number of nitrogens with zero attached hydrogens (tertiary/aromatic N) is 1. The molecule has 4 nitrogen and oxygen atoms in total. The fourth-order valence-corrected chi connectivity index (χ4v) is 4.28. The molecule has 0 aromatic heterocycles. The molecule has 5 heteroatoms. The first kappa shape index (κ1) is 18.5. The minimum atomic E-state index is -0.295. The largest absolute Gasteiger partial charge is 0.508 e. The SMILES string of the molecule is Cc1ccc(C2=NC3(CCNCC3)NC(c3cc(Cl)ccc3O)C2)cc1C. The van der Waals surface area contributed by atoms with Crippen molar-refractivity contribution in [1.29, 1.82) is 0 Å². The van der Waals surface area contributed by atoms with Crippen LogP contribution in [0.3, 0.4) is 0 Å². The second-order valence-electron chi connectivity index (χ2n) is 7.74. The standard InChI is InChI=1S/C22H26ClN3O/c1-14-3-4-16(11-15(14)2)19-13-20(18-12-17(23)5-6-21(18)27)26-22(25-19)7-9-24-10-8-22/h3-6,11-12,20,24,26-27H,7-10,13H2,1-2H3. The van der Waals surface area contributed by atoms with Gasteiger partial charge in [-0.05, 0) is 80.7 Å². The Morgan fingerprint density at radius 2 is 1.85 bits per heavy atom. The van der Waals surface area contributed by atoms with Gasteiger partial charge in [-0.2, -0.15) is 0 Å². The fraction of sp³-hybridized carbons (Fsp3) is 0.409. The Bertz CT molecular complexity index is 887. The minimum Gasteiger partial charge on any atom is -0.508 e. The summed E-state index contributed by atoms with van der Waals surface area (Å²) in [6, 6.07) is 11.8. The molecule has 4 rings (SSSR count). The van der Waals surface area contributed by atoms with Crippen LogP contribution in [0, 0.1) is 13.8 Å². The van der Waals surface area contributed by atoms with Crippen molar-refractivity contribution in [1.82, 2.24) is 10.6 Å². The molecule has 0 bridgehead atoms. The van der Waals surface area contributed by atoms with E-state index in [1.165, 1.54) is 16.7 Å². The maximum Gasteiger partial charge on any atom is 0.120 e. The average Bonchev–Trinajstić information content (AvgIpc) is 2.66. The molecular formula is C22H26ClN3O. The first-order chi connectivity index (χ1) is 13.0. The van der Waals surface area contributed by atoms with Gasteiger partial charge in [-0.3, -0.25) is 10.3 Å². The lowest BCUT2D eigenvalue weighted by molar-refractivity contribution is 0.216. The molecule has 1 fully saturated rings. The number of aryl methyl sites for hydroxylation is 2. The van der Waals surface area contributed by atoms with E-state index in [1.54, 1.807) is 12.1 Å². The van der Waals surface area contributed by atoms with Gasteiger partial charge in [0, 0.05) is 28.8 Å². The van der Waals surface area contributed by atoms with E-state index in [4.69, 9.17) is 16.6 Å². The maximum absolute atomic E-state index is 10.5. The van der Waals surface area contributed by atoms with E-state index in [-0.39, 0.29) is 17.5 Å². The van der Waals surface area contributed by atoms with Gasteiger partial charge in [0.15, 0.2) is 0 Å². The topological polar surface area (TPSA) is 56.7 Å². The molecule has 3 N–H and O–H groups in total. The van der Waals surface area contributed by atoms with Gasteiger partial charge in [0.2, 0.25) is 0 Å². The molecule has 1 unspecified atom stereocenters. The molecule has 0 saturated carbocycles. The lowest BCUT2D eigenvalue weighted by atomic mass is 9.87. The van der Waals surface area contributed by atoms with Crippen LogP contribution in [-0.4, -0.2) is 29.6 Å². The first-order valence-electron chi connectivity index (χ1n) is 9.59. The maximum atomic E-state index is 10.5. The van der Waals surface area contributed by atoms with Crippen molar-refractivity contribution in [2.75, 3.05) is 13.1 Å². The minimum absolute atomic E-state index is 0.0177. The quantitative estimate of drug-likeness (QED) is 0.726. The normalized spacial score (nSPS) is 21.9. The molecule has 1 saturated heterocycles. The number of piperidine rings is 1. The molecule has 2 heterocycles. The van der Waals surface area contributed by atoms with Crippen molar-refractivity contribution in [3.05, 3.63) is 63.7 Å². The summed E-state index contributed by atoms with van der Waals surface area (Å²) in [6.45, 7) is 6.14. The van der Waals surface area contributed by atoms with Gasteiger partial charge in [-0.15, -0.1) is 0 Å². The molecule has 0 radical (unpaired) electrons. The van der Waals surface area contributed by atoms with E-state index in [0.29, 0.717) is 5.02 Å². The summed E-state index contributed by atoms with van der Waals surface area (Å²) in [5, 5.41) is 18.3. The number of hydrogen-bond acceptors (Lipinski definition) is 4. The predicted octanol–water partition coefficient (Wildman–Crippen LogP) is 4.27. The van der Waals surface area contributed by atoms with E-state index >= 15 is 0 Å². The summed E-state index contributed by atoms with van der Waals surface area (Å²) in [4.78, 5) is 5.19. The fourth-order valence-electron chi connectivity index (χ4n) is 4.10. The number of halogens is 1. The summed E-state index contributed by atoms with van der Waals surface area (Å²) in [7, 11) is 0. The Morgan fingerprint density at radius 3 is 2.59 bits per heavy atom. The highest BCUT2D eigenvalue weighted by atomic mass is 35.5. The third kappa shape index (κ3) is 3.75. The van der Waals surface area contributed by atoms with Crippen LogP contribution >= 0.6 is 11.6 Å². The number of aliphatic imine (C=N–C) groups is 1. The van der Waals surface area contributed by atoms with E-state index < -0.39 is 0 Å². The van der Waals surface area contributed by atoms with Crippen molar-refractivity contribution in [2.45, 2.75) is 44.8 Å². The van der Waals surface area contributed by atoms with Gasteiger partial charge in [0.25, 0.3) is 0 Å². The summed E-state index contributed by atoms with van der Waals surface area (Å²) in [5.74, 6) is 0.280. The zero-order valence-corrected chi connectivity index (χ0v) is 16.6. The van der Waals surface area contributed by atoms with E-state index in [9.17, 15) is 5.11 Å². The third-order valence-corrected chi connectivity index (χ3v) is 6.06. The number of nitrogens with one attached hydrogen (secondary N) is 2. The Morgan fingerprint density at radius 1 is 1.07 bits per heavy atom. The highest BCUT2D eigenvalue weighted by molar-refractivity contribution is 6.30. The number of phenols is 1. The van der Waals surface area contributed by atoms with Crippen molar-refractivity contribution in [2.24, 2.45) is 4.99 Å². The number of hydrogen-bond donors (Lipinski definition) is 3. The summed E-state index contributed by atoms with van der Waals surface area (Å²) >= 11 is 6.23. The van der Waals surface area contributed by atoms with Crippen LogP contribution in [0.25, 0.3) is 0 Å². The molecule has 0 amide bonds. The van der Waals surface area contributed by atoms with Crippen LogP contribution in [-0.2, 0) is 0 Å². The molecule has 2 aliphatic rings. The van der Waals surface area contributed by atoms with Gasteiger partial charge < -0.3 is 10.4 Å². The Kier molecular flexibility index (Phi) is 4.97. The molecule has 142 valence electrons. The van der Waals surface area contributed by atoms with Crippen LogP contribution in [0.4, 0.5) is 0 Å². The van der Waals surface area contributed by atoms with E-state index in [1.807, 2.05) is 6.07 Å². The molecular weight excluding hydrogens is 358 g/mol. The van der Waals surface area contributed by atoms with Crippen molar-refractivity contribution in [3.8, 4) is 5.75 Å². The summed E-state index contributed by atoms with van der Waals surface area (Å²) < 4.78 is 0. The number of benzene rings is 2. The van der Waals surface area contributed by atoms with Crippen LogP contribution in [0.5, 0.6) is 5.75 Å². The highest BCUT2D eigenvalue weighted by Crippen LogP contribution is 2.37. The van der Waals surface area contributed by atoms with Crippen molar-refractivity contribution < 1.29 is 5.11 Å². The number of aromatic hydroxyl groups is 1. The Balaban J connectivity index is 1.77. The van der Waals surface area contributed by atoms with Gasteiger partial charge in [0.05, 0.1) is 0 Å². The molecule has 0 aliphatic carbocycles. The molecule has 2 aromatic carbocycles. The van der Waals surface area contributed by atoms with E-state index in [0.717, 1.165) is 43.6 Å². The molecule has 27 heavy (non-hydrogen) atoms. The molecule has 2 aromatic rings. The lowest BCUT2D eigenvalue weighted by Gasteiger charge is -2.42. The number of rotatable bonds is 2. The highest BCUT2D eigenvalue weighted by Gasteiger charge is 2.39. The average molecular weight is 384 g/mol. The third-order valence-electron chi connectivity index (χ3n) is 5.83. The molecule has 1 spiro atoms. The lowest BCUT2D eigenvalue weighted by Crippen LogP contribution is -2.55. The van der Waals surface area contributed by atoms with Crippen LogP contribution in [0.2, 0.25) is 5.02 Å². The summed E-state index contributed by atoms with van der Waals surface area (Å²) in [5.41, 5.74) is 5.38. The number of phenolic OH excluding ortho intramolecular Hbond substituents is 1. The van der Waals surface area contributed by atoms with E-state index in [2.05, 4.69) is 42.7 Å². The Labute approximate surface area is 165 Å². The molecule has 1 atom stereocenters. The van der Waals surface area contributed by atoms with Crippen LogP contribution in [0.15, 0.2) is 41.4 Å². The summed E-state index contributed by atoms with van der Waals surface area (Å²) in [6.07, 6.45) is 2.59. The van der Waals surface area contributed by atoms with Crippen molar-refractivity contribution >= 4 is 17.3 Å². The zero-order valence-electron chi connectivity index (χ0n) is 15.8. The van der Waals surface area contributed by atoms with Crippen LogP contribution in [0.1, 0.15) is 47.6 Å². The molecule has 2 aliphatic heterocycles. The first-order valence-corrected chi connectivity index (χ1v) is 9.97. The second kappa shape index (κ2) is 7.27. The van der Waals surface area contributed by atoms with Gasteiger partial charge in [0.1, 0.15) is 11.4 Å². The van der Waals surface area contributed by atoms with Gasteiger partial charge >= 0.3 is 0 Å². The van der Waals surface area contributed by atoms with Crippen LogP contribution < -0.4 is 10.6 Å². The van der Waals surface area contributed by atoms with Gasteiger partial charge in [-0.25, -0.2) is 0 Å². The predicted molar refractivity (Wildman–Crippen MR) is 111 cm³/mol.